The number of terminal acetylenes is 1. The molecule has 0 spiro atoms. The summed E-state index contributed by atoms with van der Waals surface area (Å²) < 4.78 is 1.78. The maximum Gasteiger partial charge on any atom is 0.252 e. The Morgan fingerprint density at radius 3 is 2.52 bits per heavy atom. The van der Waals surface area contributed by atoms with Crippen LogP contribution in [0.25, 0.3) is 5.95 Å². The standard InChI is InChI=1S/C24H26N6O/c1-5-20-7-6-8-21(14-20)15-22-16-23(29-11-9-28(10-12-29)19(4)31)26-24(25-22)30-18(3)13-17(2)27-30/h1,6-8,13-14,16H,9-12,15H2,2-4H3. The van der Waals surface area contributed by atoms with Crippen molar-refractivity contribution in [1.29, 1.82) is 0 Å². The molecule has 1 aromatic carbocycles. The van der Waals surface area contributed by atoms with Crippen LogP contribution in [0.15, 0.2) is 36.4 Å². The second kappa shape index (κ2) is 8.60. The number of rotatable bonds is 4. The van der Waals surface area contributed by atoms with Gasteiger partial charge in [0.1, 0.15) is 5.82 Å². The lowest BCUT2D eigenvalue weighted by Gasteiger charge is -2.35. The smallest absolute Gasteiger partial charge is 0.252 e. The van der Waals surface area contributed by atoms with Gasteiger partial charge in [0.15, 0.2) is 0 Å². The Bertz CT molecular complexity index is 1150. The Labute approximate surface area is 182 Å². The molecule has 3 aromatic rings. The highest BCUT2D eigenvalue weighted by Crippen LogP contribution is 2.20. The molecular formula is C24H26N6O. The van der Waals surface area contributed by atoms with Crippen LogP contribution in [0.2, 0.25) is 0 Å². The lowest BCUT2D eigenvalue weighted by Crippen LogP contribution is -2.48. The third kappa shape index (κ3) is 4.58. The van der Waals surface area contributed by atoms with Gasteiger partial charge in [-0.25, -0.2) is 9.67 Å². The summed E-state index contributed by atoms with van der Waals surface area (Å²) in [4.78, 5) is 25.4. The van der Waals surface area contributed by atoms with Gasteiger partial charge in [0.2, 0.25) is 5.91 Å². The van der Waals surface area contributed by atoms with E-state index >= 15 is 0 Å². The zero-order chi connectivity index (χ0) is 22.0. The molecule has 0 atom stereocenters. The molecule has 1 aliphatic rings. The summed E-state index contributed by atoms with van der Waals surface area (Å²) in [6.45, 7) is 8.42. The third-order valence-electron chi connectivity index (χ3n) is 5.48. The van der Waals surface area contributed by atoms with Crippen molar-refractivity contribution in [3.63, 3.8) is 0 Å². The highest BCUT2D eigenvalue weighted by atomic mass is 16.2. The van der Waals surface area contributed by atoms with Crippen molar-refractivity contribution < 1.29 is 4.79 Å². The lowest BCUT2D eigenvalue weighted by molar-refractivity contribution is -0.129. The van der Waals surface area contributed by atoms with Gasteiger partial charge in [-0.15, -0.1) is 6.42 Å². The van der Waals surface area contributed by atoms with E-state index in [2.05, 4.69) is 22.0 Å². The van der Waals surface area contributed by atoms with E-state index in [0.717, 1.165) is 47.1 Å². The quantitative estimate of drug-likeness (QED) is 0.614. The van der Waals surface area contributed by atoms with Gasteiger partial charge in [-0.1, -0.05) is 18.1 Å². The monoisotopic (exact) mass is 414 g/mol. The number of aryl methyl sites for hydroxylation is 2. The Morgan fingerprint density at radius 1 is 1.10 bits per heavy atom. The number of carbonyl (C=O) groups is 1. The van der Waals surface area contributed by atoms with Crippen LogP contribution in [0.4, 0.5) is 5.82 Å². The zero-order valence-corrected chi connectivity index (χ0v) is 18.2. The first kappa shape index (κ1) is 20.6. The summed E-state index contributed by atoms with van der Waals surface area (Å²) in [6, 6.07) is 12.0. The van der Waals surface area contributed by atoms with Crippen LogP contribution in [-0.4, -0.2) is 56.7 Å². The molecule has 0 N–H and O–H groups in total. The van der Waals surface area contributed by atoms with Gasteiger partial charge in [0.25, 0.3) is 5.95 Å². The third-order valence-corrected chi connectivity index (χ3v) is 5.48. The molecule has 3 heterocycles. The van der Waals surface area contributed by atoms with E-state index in [4.69, 9.17) is 16.4 Å². The van der Waals surface area contributed by atoms with Crippen LogP contribution in [0, 0.1) is 26.2 Å². The molecule has 1 fully saturated rings. The topological polar surface area (TPSA) is 67.2 Å². The molecule has 0 saturated carbocycles. The van der Waals surface area contributed by atoms with Gasteiger partial charge in [-0.3, -0.25) is 4.79 Å². The van der Waals surface area contributed by atoms with E-state index < -0.39 is 0 Å². The van der Waals surface area contributed by atoms with Gasteiger partial charge in [0, 0.05) is 56.8 Å². The number of piperazine rings is 1. The number of hydrogen-bond acceptors (Lipinski definition) is 5. The summed E-state index contributed by atoms with van der Waals surface area (Å²) in [7, 11) is 0. The number of anilines is 1. The van der Waals surface area contributed by atoms with Crippen LogP contribution in [0.1, 0.15) is 35.1 Å². The molecule has 1 amide bonds. The summed E-state index contributed by atoms with van der Waals surface area (Å²) in [5.74, 6) is 4.21. The van der Waals surface area contributed by atoms with Crippen LogP contribution in [-0.2, 0) is 11.2 Å². The van der Waals surface area contributed by atoms with Crippen molar-refractivity contribution >= 4 is 11.7 Å². The van der Waals surface area contributed by atoms with Gasteiger partial charge in [-0.05, 0) is 37.6 Å². The average molecular weight is 415 g/mol. The zero-order valence-electron chi connectivity index (χ0n) is 18.2. The van der Waals surface area contributed by atoms with E-state index in [1.807, 2.05) is 49.1 Å². The number of aromatic nitrogens is 4. The van der Waals surface area contributed by atoms with Gasteiger partial charge in [-0.2, -0.15) is 10.1 Å². The maximum absolute atomic E-state index is 11.7. The summed E-state index contributed by atoms with van der Waals surface area (Å²) in [5.41, 5.74) is 4.75. The number of carbonyl (C=O) groups excluding carboxylic acids is 1. The van der Waals surface area contributed by atoms with Gasteiger partial charge in [0.05, 0.1) is 11.4 Å². The number of nitrogens with zero attached hydrogens (tertiary/aromatic N) is 6. The molecule has 4 rings (SSSR count). The fourth-order valence-electron chi connectivity index (χ4n) is 3.88. The minimum absolute atomic E-state index is 0.111. The van der Waals surface area contributed by atoms with Gasteiger partial charge < -0.3 is 9.80 Å². The Morgan fingerprint density at radius 2 is 1.87 bits per heavy atom. The van der Waals surface area contributed by atoms with Crippen LogP contribution in [0.3, 0.4) is 0 Å². The van der Waals surface area contributed by atoms with Crippen molar-refractivity contribution in [3.05, 3.63) is 64.6 Å². The summed E-state index contributed by atoms with van der Waals surface area (Å²) in [6.07, 6.45) is 6.21. The first-order valence-corrected chi connectivity index (χ1v) is 10.4. The predicted octanol–water partition coefficient (Wildman–Crippen LogP) is 2.52. The molecule has 0 unspecified atom stereocenters. The lowest BCUT2D eigenvalue weighted by atomic mass is 10.1. The van der Waals surface area contributed by atoms with Crippen molar-refractivity contribution in [1.82, 2.24) is 24.6 Å². The second-order valence-electron chi connectivity index (χ2n) is 7.87. The fourth-order valence-corrected chi connectivity index (χ4v) is 3.88. The first-order chi connectivity index (χ1) is 14.9. The SMILES string of the molecule is C#Cc1cccc(Cc2cc(N3CCN(C(C)=O)CC3)nc(-n3nc(C)cc3C)n2)c1. The largest absolute Gasteiger partial charge is 0.353 e. The van der Waals surface area contributed by atoms with E-state index in [0.29, 0.717) is 25.5 Å². The summed E-state index contributed by atoms with van der Waals surface area (Å²) >= 11 is 0. The van der Waals surface area contributed by atoms with E-state index in [-0.39, 0.29) is 5.91 Å². The molecular weight excluding hydrogens is 388 g/mol. The highest BCUT2D eigenvalue weighted by molar-refractivity contribution is 5.73. The predicted molar refractivity (Wildman–Crippen MR) is 120 cm³/mol. The first-order valence-electron chi connectivity index (χ1n) is 10.4. The second-order valence-corrected chi connectivity index (χ2v) is 7.87. The molecule has 0 bridgehead atoms. The molecule has 1 saturated heterocycles. The van der Waals surface area contributed by atoms with Crippen molar-refractivity contribution in [3.8, 4) is 18.3 Å². The summed E-state index contributed by atoms with van der Waals surface area (Å²) in [5, 5.41) is 4.57. The Balaban J connectivity index is 1.70. The molecule has 7 nitrogen and oxygen atoms in total. The Kier molecular flexibility index (Phi) is 5.72. The molecule has 0 radical (unpaired) electrons. The van der Waals surface area contributed by atoms with Crippen LogP contribution < -0.4 is 4.90 Å². The van der Waals surface area contributed by atoms with Crippen molar-refractivity contribution in [2.75, 3.05) is 31.1 Å². The maximum atomic E-state index is 11.7. The average Bonchev–Trinajstić information content (AvgIpc) is 3.11. The molecule has 1 aliphatic heterocycles. The molecule has 158 valence electrons. The number of benzene rings is 1. The minimum atomic E-state index is 0.111. The normalized spacial score (nSPS) is 13.9. The fraction of sp³-hybridized carbons (Fsp3) is 0.333. The molecule has 7 heteroatoms. The molecule has 31 heavy (non-hydrogen) atoms. The number of amides is 1. The Hall–Kier alpha value is -3.66. The van der Waals surface area contributed by atoms with E-state index in [9.17, 15) is 4.79 Å². The van der Waals surface area contributed by atoms with E-state index in [1.54, 1.807) is 11.6 Å². The molecule has 2 aromatic heterocycles. The van der Waals surface area contributed by atoms with Crippen LogP contribution in [0.5, 0.6) is 0 Å². The van der Waals surface area contributed by atoms with Crippen molar-refractivity contribution in [2.24, 2.45) is 0 Å². The van der Waals surface area contributed by atoms with Gasteiger partial charge >= 0.3 is 0 Å². The van der Waals surface area contributed by atoms with E-state index in [1.165, 1.54) is 0 Å². The number of hydrogen-bond donors (Lipinski definition) is 0. The highest BCUT2D eigenvalue weighted by Gasteiger charge is 2.21. The molecule has 0 aliphatic carbocycles. The minimum Gasteiger partial charge on any atom is -0.353 e. The van der Waals surface area contributed by atoms with Crippen molar-refractivity contribution in [2.45, 2.75) is 27.2 Å². The van der Waals surface area contributed by atoms with Crippen LogP contribution >= 0.6 is 0 Å².